The first kappa shape index (κ1) is 17.5. The van der Waals surface area contributed by atoms with E-state index in [1.807, 2.05) is 24.4 Å². The third-order valence-corrected chi connectivity index (χ3v) is 5.50. The Balaban J connectivity index is 1.49. The fourth-order valence-electron chi connectivity index (χ4n) is 3.07. The van der Waals surface area contributed by atoms with Gasteiger partial charge < -0.3 is 14.4 Å². The molecule has 1 N–H and O–H groups in total. The molecule has 27 heavy (non-hydrogen) atoms. The smallest absolute Gasteiger partial charge is 0.274 e. The highest BCUT2D eigenvalue weighted by atomic mass is 32.1. The molecule has 0 atom stereocenters. The van der Waals surface area contributed by atoms with Crippen LogP contribution in [0.1, 0.15) is 26.6 Å². The van der Waals surface area contributed by atoms with Crippen LogP contribution in [0.25, 0.3) is 22.5 Å². The lowest BCUT2D eigenvalue weighted by atomic mass is 10.1. The maximum Gasteiger partial charge on any atom is 0.274 e. The Hall–Kier alpha value is -2.93. The summed E-state index contributed by atoms with van der Waals surface area (Å²) in [5.74, 6) is 1.07. The minimum Gasteiger partial charge on any atom is -0.350 e. The highest BCUT2D eigenvalue weighted by molar-refractivity contribution is 7.12. The van der Waals surface area contributed by atoms with Crippen molar-refractivity contribution in [3.63, 3.8) is 0 Å². The van der Waals surface area contributed by atoms with E-state index in [-0.39, 0.29) is 5.91 Å². The topological polar surface area (TPSA) is 75.0 Å². The first-order chi connectivity index (χ1) is 13.0. The molecule has 1 amide bonds. The van der Waals surface area contributed by atoms with E-state index in [1.165, 1.54) is 16.9 Å². The van der Waals surface area contributed by atoms with Crippen LogP contribution < -0.4 is 0 Å². The molecule has 1 aromatic carbocycles. The van der Waals surface area contributed by atoms with E-state index < -0.39 is 0 Å². The SMILES string of the molecule is Cc1ccc2[nH]c(-c3nc(CCN(C)C(=O)c4cccs4)no3)c(C)c2c1. The van der Waals surface area contributed by atoms with Gasteiger partial charge in [0.15, 0.2) is 5.82 Å². The van der Waals surface area contributed by atoms with E-state index in [1.54, 1.807) is 11.9 Å². The van der Waals surface area contributed by atoms with E-state index in [4.69, 9.17) is 4.52 Å². The van der Waals surface area contributed by atoms with Gasteiger partial charge in [0.05, 0.1) is 4.88 Å². The normalized spacial score (nSPS) is 11.2. The van der Waals surface area contributed by atoms with Crippen LogP contribution in [0.3, 0.4) is 0 Å². The Morgan fingerprint density at radius 2 is 2.15 bits per heavy atom. The van der Waals surface area contributed by atoms with Crippen LogP contribution in [-0.2, 0) is 6.42 Å². The van der Waals surface area contributed by atoms with Crippen LogP contribution in [0.2, 0.25) is 0 Å². The van der Waals surface area contributed by atoms with Crippen LogP contribution >= 0.6 is 11.3 Å². The largest absolute Gasteiger partial charge is 0.350 e. The summed E-state index contributed by atoms with van der Waals surface area (Å²) in [6, 6.07) is 9.98. The van der Waals surface area contributed by atoms with Gasteiger partial charge >= 0.3 is 0 Å². The number of nitrogens with one attached hydrogen (secondary N) is 1. The molecule has 0 aliphatic carbocycles. The molecule has 0 unspecified atom stereocenters. The third-order valence-electron chi connectivity index (χ3n) is 4.65. The van der Waals surface area contributed by atoms with Gasteiger partial charge in [-0.25, -0.2) is 0 Å². The Bertz CT molecular complexity index is 1090. The average Bonchev–Trinajstić information content (AvgIpc) is 3.40. The lowest BCUT2D eigenvalue weighted by Gasteiger charge is -2.14. The predicted octanol–water partition coefficient (Wildman–Crippen LogP) is 4.21. The maximum atomic E-state index is 12.3. The van der Waals surface area contributed by atoms with Crippen LogP contribution in [0.4, 0.5) is 0 Å². The fraction of sp³-hybridized carbons (Fsp3) is 0.250. The second-order valence-corrected chi connectivity index (χ2v) is 7.59. The van der Waals surface area contributed by atoms with Crippen molar-refractivity contribution in [3.8, 4) is 11.6 Å². The van der Waals surface area contributed by atoms with E-state index >= 15 is 0 Å². The molecule has 0 aliphatic heterocycles. The predicted molar refractivity (Wildman–Crippen MR) is 106 cm³/mol. The van der Waals surface area contributed by atoms with Gasteiger partial charge in [-0.15, -0.1) is 11.3 Å². The molecule has 0 radical (unpaired) electrons. The van der Waals surface area contributed by atoms with Gasteiger partial charge in [0.25, 0.3) is 11.8 Å². The summed E-state index contributed by atoms with van der Waals surface area (Å²) in [7, 11) is 1.78. The summed E-state index contributed by atoms with van der Waals surface area (Å²) in [5, 5.41) is 7.13. The van der Waals surface area contributed by atoms with Crippen LogP contribution in [-0.4, -0.2) is 39.5 Å². The second kappa shape index (κ2) is 7.00. The number of fused-ring (bicyclic) bond motifs is 1. The second-order valence-electron chi connectivity index (χ2n) is 6.64. The monoisotopic (exact) mass is 380 g/mol. The van der Waals surface area contributed by atoms with Crippen molar-refractivity contribution in [3.05, 3.63) is 57.5 Å². The Morgan fingerprint density at radius 1 is 1.30 bits per heavy atom. The molecular formula is C20H20N4O2S. The Kier molecular flexibility index (Phi) is 4.53. The number of aryl methyl sites for hydroxylation is 2. The lowest BCUT2D eigenvalue weighted by molar-refractivity contribution is 0.0800. The minimum absolute atomic E-state index is 0.00977. The van der Waals surface area contributed by atoms with Crippen LogP contribution in [0, 0.1) is 13.8 Å². The number of benzene rings is 1. The number of hydrogen-bond acceptors (Lipinski definition) is 5. The van der Waals surface area contributed by atoms with Crippen molar-refractivity contribution in [1.82, 2.24) is 20.0 Å². The molecule has 4 rings (SSSR count). The molecule has 0 fully saturated rings. The number of likely N-dealkylation sites (N-methyl/N-ethyl adjacent to an activating group) is 1. The van der Waals surface area contributed by atoms with Crippen molar-refractivity contribution in [2.45, 2.75) is 20.3 Å². The van der Waals surface area contributed by atoms with Gasteiger partial charge in [0.1, 0.15) is 5.69 Å². The first-order valence-electron chi connectivity index (χ1n) is 8.74. The van der Waals surface area contributed by atoms with Crippen molar-refractivity contribution < 1.29 is 9.32 Å². The zero-order chi connectivity index (χ0) is 19.0. The summed E-state index contributed by atoms with van der Waals surface area (Å²) in [4.78, 5) is 22.6. The standard InChI is InChI=1S/C20H20N4O2S/c1-12-6-7-15-14(11-12)13(2)18(21-15)19-22-17(23-26-19)8-9-24(3)20(25)16-5-4-10-27-16/h4-7,10-11,21H,8-9H2,1-3H3. The van der Waals surface area contributed by atoms with E-state index in [0.29, 0.717) is 24.7 Å². The summed E-state index contributed by atoms with van der Waals surface area (Å²) in [6.45, 7) is 4.65. The van der Waals surface area contributed by atoms with Gasteiger partial charge in [0.2, 0.25) is 0 Å². The molecule has 0 saturated carbocycles. The Morgan fingerprint density at radius 3 is 2.93 bits per heavy atom. The van der Waals surface area contributed by atoms with Gasteiger partial charge in [-0.05, 0) is 43.0 Å². The van der Waals surface area contributed by atoms with Crippen molar-refractivity contribution in [1.29, 1.82) is 0 Å². The van der Waals surface area contributed by atoms with E-state index in [2.05, 4.69) is 40.2 Å². The van der Waals surface area contributed by atoms with E-state index in [0.717, 1.165) is 27.0 Å². The number of amides is 1. The molecule has 0 saturated heterocycles. The zero-order valence-corrected chi connectivity index (χ0v) is 16.3. The molecule has 7 heteroatoms. The first-order valence-corrected chi connectivity index (χ1v) is 9.62. The summed E-state index contributed by atoms with van der Waals surface area (Å²) in [6.07, 6.45) is 0.537. The van der Waals surface area contributed by atoms with Gasteiger partial charge in [-0.2, -0.15) is 4.98 Å². The minimum atomic E-state index is 0.00977. The number of H-pyrrole nitrogens is 1. The zero-order valence-electron chi connectivity index (χ0n) is 15.4. The molecule has 6 nitrogen and oxygen atoms in total. The number of carbonyl (C=O) groups is 1. The quantitative estimate of drug-likeness (QED) is 0.563. The molecular weight excluding hydrogens is 360 g/mol. The van der Waals surface area contributed by atoms with Crippen molar-refractivity contribution in [2.75, 3.05) is 13.6 Å². The summed E-state index contributed by atoms with van der Waals surface area (Å²) < 4.78 is 5.46. The average molecular weight is 380 g/mol. The number of aromatic nitrogens is 3. The Labute approximate surface area is 160 Å². The number of rotatable bonds is 5. The van der Waals surface area contributed by atoms with Crippen molar-refractivity contribution in [2.24, 2.45) is 0 Å². The van der Waals surface area contributed by atoms with Gasteiger partial charge in [-0.1, -0.05) is 22.9 Å². The number of thiophene rings is 1. The third kappa shape index (κ3) is 3.38. The molecule has 0 bridgehead atoms. The summed E-state index contributed by atoms with van der Waals surface area (Å²) >= 11 is 1.44. The molecule has 3 heterocycles. The van der Waals surface area contributed by atoms with Crippen molar-refractivity contribution >= 4 is 28.1 Å². The summed E-state index contributed by atoms with van der Waals surface area (Å²) in [5.41, 5.74) is 4.20. The molecule has 138 valence electrons. The van der Waals surface area contributed by atoms with Gasteiger partial charge in [0, 0.05) is 30.9 Å². The van der Waals surface area contributed by atoms with Gasteiger partial charge in [-0.3, -0.25) is 4.79 Å². The maximum absolute atomic E-state index is 12.3. The van der Waals surface area contributed by atoms with Crippen LogP contribution in [0.5, 0.6) is 0 Å². The highest BCUT2D eigenvalue weighted by Gasteiger charge is 2.17. The molecule has 4 aromatic rings. The number of hydrogen-bond donors (Lipinski definition) is 1. The fourth-order valence-corrected chi connectivity index (χ4v) is 3.79. The lowest BCUT2D eigenvalue weighted by Crippen LogP contribution is -2.28. The molecule has 3 aromatic heterocycles. The number of aromatic amines is 1. The number of carbonyl (C=O) groups excluding carboxylic acids is 1. The molecule has 0 aliphatic rings. The number of nitrogens with zero attached hydrogens (tertiary/aromatic N) is 3. The van der Waals surface area contributed by atoms with E-state index in [9.17, 15) is 4.79 Å². The van der Waals surface area contributed by atoms with Crippen LogP contribution in [0.15, 0.2) is 40.2 Å². The highest BCUT2D eigenvalue weighted by Crippen LogP contribution is 2.29. The molecule has 0 spiro atoms.